The second-order valence-electron chi connectivity index (χ2n) is 9.82. The van der Waals surface area contributed by atoms with E-state index in [2.05, 4.69) is 0 Å². The first kappa shape index (κ1) is 28.6. The van der Waals surface area contributed by atoms with Crippen LogP contribution in [0.15, 0.2) is 103 Å². The SMILES string of the molecule is Cl.N=C(N)c1ccc(CCC(=O)N2CCCc3cc(C(=O)N(Cc4ccccc4)c4ccccc4)ccc32)cc1. The molecule has 40 heavy (non-hydrogen) atoms. The number of nitrogen functional groups attached to an aromatic ring is 1. The number of carbonyl (C=O) groups excluding carboxylic acids is 2. The average molecular weight is 553 g/mol. The lowest BCUT2D eigenvalue weighted by Gasteiger charge is -2.30. The van der Waals surface area contributed by atoms with E-state index in [9.17, 15) is 9.59 Å². The van der Waals surface area contributed by atoms with Crippen molar-refractivity contribution in [2.75, 3.05) is 16.3 Å². The predicted molar refractivity (Wildman–Crippen MR) is 164 cm³/mol. The van der Waals surface area contributed by atoms with Gasteiger partial charge >= 0.3 is 0 Å². The van der Waals surface area contributed by atoms with E-state index in [4.69, 9.17) is 11.1 Å². The van der Waals surface area contributed by atoms with E-state index in [0.717, 1.165) is 40.9 Å². The Kier molecular flexibility index (Phi) is 9.35. The summed E-state index contributed by atoms with van der Waals surface area (Å²) in [6, 6.07) is 32.9. The third kappa shape index (κ3) is 6.58. The van der Waals surface area contributed by atoms with Crippen LogP contribution in [0.25, 0.3) is 0 Å². The monoisotopic (exact) mass is 552 g/mol. The third-order valence-corrected chi connectivity index (χ3v) is 7.14. The fraction of sp³-hybridized carbons (Fsp3) is 0.182. The van der Waals surface area contributed by atoms with Crippen LogP contribution in [0.5, 0.6) is 0 Å². The van der Waals surface area contributed by atoms with Gasteiger partial charge in [-0.15, -0.1) is 12.4 Å². The van der Waals surface area contributed by atoms with Gasteiger partial charge in [-0.25, -0.2) is 0 Å². The molecule has 5 rings (SSSR count). The Hall–Kier alpha value is -4.42. The van der Waals surface area contributed by atoms with Gasteiger partial charge in [0.15, 0.2) is 0 Å². The highest BCUT2D eigenvalue weighted by Crippen LogP contribution is 2.30. The minimum atomic E-state index is -0.0645. The molecule has 4 aromatic rings. The molecular weight excluding hydrogens is 520 g/mol. The number of halogens is 1. The van der Waals surface area contributed by atoms with Gasteiger partial charge in [0.05, 0.1) is 6.54 Å². The van der Waals surface area contributed by atoms with Crippen molar-refractivity contribution in [1.82, 2.24) is 0 Å². The molecule has 0 radical (unpaired) electrons. The molecule has 2 amide bonds. The predicted octanol–water partition coefficient (Wildman–Crippen LogP) is 6.15. The number of fused-ring (bicyclic) bond motifs is 1. The summed E-state index contributed by atoms with van der Waals surface area (Å²) in [6.45, 7) is 1.14. The molecule has 0 fully saturated rings. The Morgan fingerprint density at radius 3 is 2.15 bits per heavy atom. The van der Waals surface area contributed by atoms with Gasteiger partial charge in [0.1, 0.15) is 5.84 Å². The fourth-order valence-corrected chi connectivity index (χ4v) is 5.04. The second-order valence-corrected chi connectivity index (χ2v) is 9.82. The molecule has 0 bridgehead atoms. The topological polar surface area (TPSA) is 90.5 Å². The van der Waals surface area contributed by atoms with Crippen molar-refractivity contribution in [2.24, 2.45) is 5.73 Å². The Morgan fingerprint density at radius 1 is 0.825 bits per heavy atom. The molecular formula is C33H33ClN4O2. The summed E-state index contributed by atoms with van der Waals surface area (Å²) in [7, 11) is 0. The van der Waals surface area contributed by atoms with Crippen LogP contribution < -0.4 is 15.5 Å². The molecule has 1 aliphatic heterocycles. The molecule has 7 heteroatoms. The van der Waals surface area contributed by atoms with Gasteiger partial charge in [-0.3, -0.25) is 15.0 Å². The van der Waals surface area contributed by atoms with Gasteiger partial charge in [-0.1, -0.05) is 72.8 Å². The molecule has 204 valence electrons. The number of nitrogens with one attached hydrogen (secondary N) is 1. The first-order valence-corrected chi connectivity index (χ1v) is 13.3. The first-order chi connectivity index (χ1) is 19.0. The summed E-state index contributed by atoms with van der Waals surface area (Å²) in [6.07, 6.45) is 2.69. The number of hydrogen-bond donors (Lipinski definition) is 2. The summed E-state index contributed by atoms with van der Waals surface area (Å²) in [5.41, 5.74) is 11.7. The summed E-state index contributed by atoms with van der Waals surface area (Å²) in [5.74, 6) is 0.0401. The minimum absolute atomic E-state index is 0. The molecule has 0 unspecified atom stereocenters. The average Bonchev–Trinajstić information content (AvgIpc) is 2.99. The Labute approximate surface area is 241 Å². The molecule has 3 N–H and O–H groups in total. The maximum atomic E-state index is 13.8. The molecule has 4 aromatic carbocycles. The normalized spacial score (nSPS) is 12.2. The highest BCUT2D eigenvalue weighted by molar-refractivity contribution is 6.07. The Bertz CT molecular complexity index is 1470. The quantitative estimate of drug-likeness (QED) is 0.203. The number of carbonyl (C=O) groups is 2. The number of nitrogens with zero attached hydrogens (tertiary/aromatic N) is 2. The van der Waals surface area contributed by atoms with E-state index in [1.807, 2.05) is 108 Å². The number of benzene rings is 4. The van der Waals surface area contributed by atoms with Crippen LogP contribution >= 0.6 is 12.4 Å². The lowest BCUT2D eigenvalue weighted by molar-refractivity contribution is -0.118. The number of hydrogen-bond acceptors (Lipinski definition) is 3. The number of rotatable bonds is 8. The van der Waals surface area contributed by atoms with Crippen LogP contribution in [-0.4, -0.2) is 24.2 Å². The van der Waals surface area contributed by atoms with Crippen LogP contribution in [0, 0.1) is 5.41 Å². The van der Waals surface area contributed by atoms with E-state index in [0.29, 0.717) is 37.1 Å². The maximum Gasteiger partial charge on any atom is 0.258 e. The van der Waals surface area contributed by atoms with Crippen molar-refractivity contribution in [3.63, 3.8) is 0 Å². The van der Waals surface area contributed by atoms with E-state index in [1.165, 1.54) is 0 Å². The van der Waals surface area contributed by atoms with Crippen molar-refractivity contribution >= 4 is 41.4 Å². The zero-order valence-electron chi connectivity index (χ0n) is 22.3. The van der Waals surface area contributed by atoms with Gasteiger partial charge in [0.25, 0.3) is 5.91 Å². The van der Waals surface area contributed by atoms with Gasteiger partial charge < -0.3 is 15.5 Å². The van der Waals surface area contributed by atoms with Crippen molar-refractivity contribution in [1.29, 1.82) is 5.41 Å². The molecule has 0 saturated heterocycles. The largest absolute Gasteiger partial charge is 0.384 e. The molecule has 0 aliphatic carbocycles. The Morgan fingerprint density at radius 2 is 1.48 bits per heavy atom. The highest BCUT2D eigenvalue weighted by Gasteiger charge is 2.25. The number of amidine groups is 1. The number of para-hydroxylation sites is 1. The van der Waals surface area contributed by atoms with E-state index in [1.54, 1.807) is 4.90 Å². The summed E-state index contributed by atoms with van der Waals surface area (Å²) in [4.78, 5) is 30.7. The van der Waals surface area contributed by atoms with Crippen LogP contribution in [0.3, 0.4) is 0 Å². The Balaban J connectivity index is 0.00000370. The molecule has 1 aliphatic rings. The standard InChI is InChI=1S/C33H32N4O2.ClH/c34-32(35)26-16-13-24(14-17-26)15-20-31(38)36-21-7-10-27-22-28(18-19-30(27)36)33(39)37(29-11-5-2-6-12-29)23-25-8-3-1-4-9-25;/h1-6,8-9,11-14,16-19,22H,7,10,15,20-21,23H2,(H3,34,35);1H. The lowest BCUT2D eigenvalue weighted by atomic mass is 9.97. The summed E-state index contributed by atoms with van der Waals surface area (Å²) < 4.78 is 0. The molecule has 0 saturated carbocycles. The van der Waals surface area contributed by atoms with E-state index in [-0.39, 0.29) is 30.1 Å². The van der Waals surface area contributed by atoms with Crippen molar-refractivity contribution < 1.29 is 9.59 Å². The molecule has 0 aromatic heterocycles. The van der Waals surface area contributed by atoms with Crippen molar-refractivity contribution in [3.8, 4) is 0 Å². The highest BCUT2D eigenvalue weighted by atomic mass is 35.5. The fourth-order valence-electron chi connectivity index (χ4n) is 5.04. The lowest BCUT2D eigenvalue weighted by Crippen LogP contribution is -2.36. The minimum Gasteiger partial charge on any atom is -0.384 e. The number of nitrogens with two attached hydrogens (primary N) is 1. The van der Waals surface area contributed by atoms with Crippen LogP contribution in [0.1, 0.15) is 45.5 Å². The number of anilines is 2. The zero-order valence-corrected chi connectivity index (χ0v) is 23.1. The van der Waals surface area contributed by atoms with Crippen LogP contribution in [-0.2, 0) is 24.2 Å². The van der Waals surface area contributed by atoms with Gasteiger partial charge in [-0.05, 0) is 66.3 Å². The molecule has 6 nitrogen and oxygen atoms in total. The van der Waals surface area contributed by atoms with Gasteiger partial charge in [0.2, 0.25) is 5.91 Å². The maximum absolute atomic E-state index is 13.8. The molecule has 1 heterocycles. The number of aryl methyl sites for hydroxylation is 2. The van der Waals surface area contributed by atoms with Gasteiger partial charge in [-0.2, -0.15) is 0 Å². The summed E-state index contributed by atoms with van der Waals surface area (Å²) >= 11 is 0. The smallest absolute Gasteiger partial charge is 0.258 e. The number of amides is 2. The second kappa shape index (κ2) is 13.1. The zero-order chi connectivity index (χ0) is 27.2. The van der Waals surface area contributed by atoms with Crippen molar-refractivity contribution in [3.05, 3.63) is 131 Å². The molecule has 0 atom stereocenters. The van der Waals surface area contributed by atoms with Crippen LogP contribution in [0.2, 0.25) is 0 Å². The van der Waals surface area contributed by atoms with Gasteiger partial charge in [0, 0.05) is 35.5 Å². The van der Waals surface area contributed by atoms with Crippen molar-refractivity contribution in [2.45, 2.75) is 32.2 Å². The third-order valence-electron chi connectivity index (χ3n) is 7.14. The van der Waals surface area contributed by atoms with E-state index < -0.39 is 0 Å². The molecule has 0 spiro atoms. The first-order valence-electron chi connectivity index (χ1n) is 13.3. The van der Waals surface area contributed by atoms with E-state index >= 15 is 0 Å². The van der Waals surface area contributed by atoms with Crippen LogP contribution in [0.4, 0.5) is 11.4 Å². The summed E-state index contributed by atoms with van der Waals surface area (Å²) in [5, 5.41) is 7.53.